The number of hydrogen-bond acceptors (Lipinski definition) is 0. The van der Waals surface area contributed by atoms with Crippen LogP contribution in [0, 0.1) is 11.8 Å². The Kier molecular flexibility index (Phi) is 6.19. The Bertz CT molecular complexity index is 230. The number of rotatable bonds is 0. The molecule has 0 bridgehead atoms. The average molecular weight is 162 g/mol. The van der Waals surface area contributed by atoms with E-state index in [9.17, 15) is 0 Å². The lowest BCUT2D eigenvalue weighted by molar-refractivity contribution is 1.00. The van der Waals surface area contributed by atoms with E-state index in [-0.39, 0.29) is 0 Å². The molecule has 0 radical (unpaired) electrons. The van der Waals surface area contributed by atoms with E-state index in [1.165, 1.54) is 17.6 Å². The fraction of sp³-hybridized carbons (Fsp3) is 0.500. The van der Waals surface area contributed by atoms with Crippen molar-refractivity contribution in [2.75, 3.05) is 0 Å². The second-order valence-corrected chi connectivity index (χ2v) is 2.46. The van der Waals surface area contributed by atoms with Gasteiger partial charge in [-0.25, -0.2) is 0 Å². The van der Waals surface area contributed by atoms with E-state index in [4.69, 9.17) is 0 Å². The molecule has 0 saturated heterocycles. The summed E-state index contributed by atoms with van der Waals surface area (Å²) in [4.78, 5) is 0. The van der Waals surface area contributed by atoms with Crippen LogP contribution in [0.25, 0.3) is 0 Å². The molecule has 0 amide bonds. The summed E-state index contributed by atoms with van der Waals surface area (Å²) in [7, 11) is 0. The van der Waals surface area contributed by atoms with Crippen molar-refractivity contribution in [1.82, 2.24) is 0 Å². The Morgan fingerprint density at radius 3 is 2.25 bits per heavy atom. The van der Waals surface area contributed by atoms with Gasteiger partial charge in [-0.15, -0.1) is 5.92 Å². The third-order valence-corrected chi connectivity index (χ3v) is 1.65. The van der Waals surface area contributed by atoms with Crippen LogP contribution in [-0.2, 0) is 0 Å². The topological polar surface area (TPSA) is 0 Å². The van der Waals surface area contributed by atoms with Crippen LogP contribution in [0.2, 0.25) is 0 Å². The summed E-state index contributed by atoms with van der Waals surface area (Å²) in [5.41, 5.74) is 2.55. The van der Waals surface area contributed by atoms with E-state index in [2.05, 4.69) is 30.9 Å². The van der Waals surface area contributed by atoms with E-state index in [0.29, 0.717) is 0 Å². The fourth-order valence-corrected chi connectivity index (χ4v) is 1.08. The molecule has 0 atom stereocenters. The maximum atomic E-state index is 3.08. The van der Waals surface area contributed by atoms with Crippen molar-refractivity contribution in [1.29, 1.82) is 0 Å². The molecule has 0 nitrogen and oxygen atoms in total. The van der Waals surface area contributed by atoms with Gasteiger partial charge in [-0.05, 0) is 32.3 Å². The Balaban J connectivity index is 0.000000561. The minimum Gasteiger partial charge on any atom is -0.101 e. The zero-order valence-electron chi connectivity index (χ0n) is 8.57. The monoisotopic (exact) mass is 162 g/mol. The van der Waals surface area contributed by atoms with Crippen molar-refractivity contribution in [3.05, 3.63) is 23.3 Å². The highest BCUT2D eigenvalue weighted by Gasteiger charge is 1.99. The predicted octanol–water partition coefficient (Wildman–Crippen LogP) is 3.70. The summed E-state index contributed by atoms with van der Waals surface area (Å²) in [6.07, 6.45) is 6.80. The van der Waals surface area contributed by atoms with Crippen LogP contribution in [-0.4, -0.2) is 0 Å². The summed E-state index contributed by atoms with van der Waals surface area (Å²) in [6, 6.07) is 0. The lowest BCUT2D eigenvalue weighted by Crippen LogP contribution is -1.87. The number of allylic oxidation sites excluding steroid dienone is 4. The van der Waals surface area contributed by atoms with Crippen LogP contribution in [0.1, 0.15) is 40.5 Å². The predicted molar refractivity (Wildman–Crippen MR) is 55.9 cm³/mol. The van der Waals surface area contributed by atoms with Crippen molar-refractivity contribution in [3.8, 4) is 11.8 Å². The largest absolute Gasteiger partial charge is 0.101 e. The zero-order valence-corrected chi connectivity index (χ0v) is 8.57. The zero-order chi connectivity index (χ0) is 9.40. The quantitative estimate of drug-likeness (QED) is 0.476. The average Bonchev–Trinajstić information content (AvgIpc) is 2.13. The Morgan fingerprint density at radius 2 is 1.75 bits per heavy atom. The lowest BCUT2D eigenvalue weighted by atomic mass is 10.00. The van der Waals surface area contributed by atoms with Gasteiger partial charge in [-0.2, -0.15) is 0 Å². The van der Waals surface area contributed by atoms with E-state index < -0.39 is 0 Å². The summed E-state index contributed by atoms with van der Waals surface area (Å²) in [6.45, 7) is 8.00. The third kappa shape index (κ3) is 3.44. The molecule has 0 fully saturated rings. The van der Waals surface area contributed by atoms with Gasteiger partial charge in [0.05, 0.1) is 0 Å². The first-order valence-corrected chi connectivity index (χ1v) is 4.64. The van der Waals surface area contributed by atoms with Crippen molar-refractivity contribution >= 4 is 0 Å². The standard InChI is InChI=1S/C10H12.C2H6/c1-3-6-10-8-5-4-7-9(10)2;1-2/h7-8H,4-5H2,1-2H3;1-2H3. The highest BCUT2D eigenvalue weighted by Crippen LogP contribution is 2.16. The van der Waals surface area contributed by atoms with Gasteiger partial charge in [-0.3, -0.25) is 0 Å². The molecule has 0 heterocycles. The first kappa shape index (κ1) is 11.0. The molecule has 0 unspecified atom stereocenters. The molecule has 0 saturated carbocycles. The van der Waals surface area contributed by atoms with E-state index in [0.717, 1.165) is 6.42 Å². The van der Waals surface area contributed by atoms with Gasteiger partial charge in [0, 0.05) is 5.57 Å². The fourth-order valence-electron chi connectivity index (χ4n) is 1.08. The highest BCUT2D eigenvalue weighted by molar-refractivity contribution is 5.45. The van der Waals surface area contributed by atoms with Gasteiger partial charge in [0.2, 0.25) is 0 Å². The first-order chi connectivity index (χ1) is 5.84. The summed E-state index contributed by atoms with van der Waals surface area (Å²) < 4.78 is 0. The molecule has 0 heteroatoms. The molecule has 66 valence electrons. The van der Waals surface area contributed by atoms with Gasteiger partial charge in [0.1, 0.15) is 0 Å². The molecule has 0 aromatic rings. The SMILES string of the molecule is CC.CC#CC1=CCCC=C1C. The molecule has 12 heavy (non-hydrogen) atoms. The van der Waals surface area contributed by atoms with Crippen molar-refractivity contribution in [2.45, 2.75) is 40.5 Å². The maximum Gasteiger partial charge on any atom is 0.0231 e. The summed E-state index contributed by atoms with van der Waals surface area (Å²) >= 11 is 0. The molecule has 0 aromatic heterocycles. The van der Waals surface area contributed by atoms with Crippen LogP contribution < -0.4 is 0 Å². The van der Waals surface area contributed by atoms with E-state index >= 15 is 0 Å². The molecule has 1 aliphatic rings. The second-order valence-electron chi connectivity index (χ2n) is 2.46. The minimum absolute atomic E-state index is 1.15. The summed E-state index contributed by atoms with van der Waals surface area (Å²) in [5, 5.41) is 0. The van der Waals surface area contributed by atoms with Crippen molar-refractivity contribution < 1.29 is 0 Å². The van der Waals surface area contributed by atoms with Crippen molar-refractivity contribution in [2.24, 2.45) is 0 Å². The number of hydrogen-bond donors (Lipinski definition) is 0. The van der Waals surface area contributed by atoms with Crippen LogP contribution in [0.5, 0.6) is 0 Å². The Morgan fingerprint density at radius 1 is 1.17 bits per heavy atom. The van der Waals surface area contributed by atoms with E-state index in [1.54, 1.807) is 0 Å². The molecule has 1 rings (SSSR count). The molecular formula is C12H18. The van der Waals surface area contributed by atoms with Crippen LogP contribution >= 0.6 is 0 Å². The van der Waals surface area contributed by atoms with Crippen LogP contribution in [0.4, 0.5) is 0 Å². The van der Waals surface area contributed by atoms with Crippen molar-refractivity contribution in [3.63, 3.8) is 0 Å². The summed E-state index contributed by atoms with van der Waals surface area (Å²) in [5.74, 6) is 5.99. The molecule has 0 N–H and O–H groups in total. The van der Waals surface area contributed by atoms with Crippen LogP contribution in [0.15, 0.2) is 23.3 Å². The molecule has 1 aliphatic carbocycles. The van der Waals surface area contributed by atoms with Crippen LogP contribution in [0.3, 0.4) is 0 Å². The van der Waals surface area contributed by atoms with Gasteiger partial charge in [-0.1, -0.05) is 31.9 Å². The Labute approximate surface area is 76.4 Å². The molecule has 0 aliphatic heterocycles. The third-order valence-electron chi connectivity index (χ3n) is 1.65. The Hall–Kier alpha value is -0.960. The normalized spacial score (nSPS) is 14.3. The molecule has 0 aromatic carbocycles. The van der Waals surface area contributed by atoms with Gasteiger partial charge >= 0.3 is 0 Å². The first-order valence-electron chi connectivity index (χ1n) is 4.64. The smallest absolute Gasteiger partial charge is 0.0231 e. The maximum absolute atomic E-state index is 3.08. The molecular weight excluding hydrogens is 144 g/mol. The van der Waals surface area contributed by atoms with Gasteiger partial charge in [0.25, 0.3) is 0 Å². The lowest BCUT2D eigenvalue weighted by Gasteiger charge is -2.05. The molecule has 0 spiro atoms. The van der Waals surface area contributed by atoms with Gasteiger partial charge in [0.15, 0.2) is 0 Å². The van der Waals surface area contributed by atoms with Gasteiger partial charge < -0.3 is 0 Å². The highest BCUT2D eigenvalue weighted by atomic mass is 14.0. The second kappa shape index (κ2) is 6.73. The van der Waals surface area contributed by atoms with E-state index in [1.807, 2.05) is 20.8 Å². The minimum atomic E-state index is 1.15.